The minimum Gasteiger partial charge on any atom is -0.478 e. The molecule has 104 valence electrons. The number of oxazole rings is 1. The van der Waals surface area contributed by atoms with Crippen LogP contribution in [0.5, 0.6) is 0 Å². The Balaban J connectivity index is 1.53. The van der Waals surface area contributed by atoms with Crippen molar-refractivity contribution in [3.63, 3.8) is 0 Å². The molecule has 1 fully saturated rings. The van der Waals surface area contributed by atoms with E-state index in [1.165, 1.54) is 12.8 Å². The molecule has 0 aliphatic heterocycles. The summed E-state index contributed by atoms with van der Waals surface area (Å²) in [6.45, 7) is 1.19. The number of aromatic carboxylic acids is 1. The Bertz CT molecular complexity index is 617. The largest absolute Gasteiger partial charge is 0.478 e. The quantitative estimate of drug-likeness (QED) is 0.845. The maximum Gasteiger partial charge on any atom is 0.335 e. The molecule has 5 heteroatoms. The predicted octanol–water partition coefficient (Wildman–Crippen LogP) is 2.54. The van der Waals surface area contributed by atoms with Crippen LogP contribution in [0.1, 0.15) is 46.3 Å². The summed E-state index contributed by atoms with van der Waals surface area (Å²) in [6, 6.07) is 6.91. The van der Waals surface area contributed by atoms with Crippen LogP contribution < -0.4 is 5.32 Å². The fourth-order valence-corrected chi connectivity index (χ4v) is 2.07. The van der Waals surface area contributed by atoms with Gasteiger partial charge in [0.25, 0.3) is 0 Å². The average molecular weight is 272 g/mol. The third kappa shape index (κ3) is 3.05. The number of aromatic nitrogens is 1. The Morgan fingerprint density at radius 1 is 1.40 bits per heavy atom. The SMILES string of the molecule is O=C(O)c1cccc(CNCc2cnc(C3CC3)o2)c1. The molecule has 0 bridgehead atoms. The molecule has 1 aromatic carbocycles. The molecule has 1 saturated carbocycles. The fraction of sp³-hybridized carbons (Fsp3) is 0.333. The molecule has 5 nitrogen and oxygen atoms in total. The Hall–Kier alpha value is -2.14. The van der Waals surface area contributed by atoms with E-state index in [9.17, 15) is 4.79 Å². The molecule has 1 aliphatic carbocycles. The van der Waals surface area contributed by atoms with Crippen LogP contribution in [0.3, 0.4) is 0 Å². The number of rotatable bonds is 6. The van der Waals surface area contributed by atoms with Crippen LogP contribution in [-0.4, -0.2) is 16.1 Å². The molecule has 20 heavy (non-hydrogen) atoms. The van der Waals surface area contributed by atoms with E-state index in [1.807, 2.05) is 6.07 Å². The van der Waals surface area contributed by atoms with Crippen molar-refractivity contribution in [1.29, 1.82) is 0 Å². The maximum atomic E-state index is 10.9. The van der Waals surface area contributed by atoms with Gasteiger partial charge >= 0.3 is 5.97 Å². The summed E-state index contributed by atoms with van der Waals surface area (Å²) in [5, 5.41) is 12.2. The molecule has 0 spiro atoms. The normalized spacial score (nSPS) is 14.4. The Kier molecular flexibility index (Phi) is 3.52. The molecule has 0 atom stereocenters. The van der Waals surface area contributed by atoms with Crippen LogP contribution in [0.2, 0.25) is 0 Å². The van der Waals surface area contributed by atoms with Crippen molar-refractivity contribution in [2.24, 2.45) is 0 Å². The van der Waals surface area contributed by atoms with Gasteiger partial charge in [-0.3, -0.25) is 0 Å². The lowest BCUT2D eigenvalue weighted by Crippen LogP contribution is -2.12. The zero-order valence-corrected chi connectivity index (χ0v) is 11.0. The third-order valence-corrected chi connectivity index (χ3v) is 3.30. The lowest BCUT2D eigenvalue weighted by Gasteiger charge is -2.04. The Morgan fingerprint density at radius 2 is 2.25 bits per heavy atom. The van der Waals surface area contributed by atoms with E-state index in [0.29, 0.717) is 24.6 Å². The minimum absolute atomic E-state index is 0.306. The zero-order valence-electron chi connectivity index (χ0n) is 11.0. The van der Waals surface area contributed by atoms with Crippen LogP contribution in [-0.2, 0) is 13.1 Å². The maximum absolute atomic E-state index is 10.9. The first kappa shape index (κ1) is 12.9. The van der Waals surface area contributed by atoms with Gasteiger partial charge in [0, 0.05) is 12.5 Å². The van der Waals surface area contributed by atoms with Crippen LogP contribution in [0.25, 0.3) is 0 Å². The van der Waals surface area contributed by atoms with E-state index < -0.39 is 5.97 Å². The van der Waals surface area contributed by atoms with Gasteiger partial charge in [0.1, 0.15) is 5.76 Å². The van der Waals surface area contributed by atoms with E-state index in [-0.39, 0.29) is 0 Å². The average Bonchev–Trinajstić information content (AvgIpc) is 3.19. The molecular weight excluding hydrogens is 256 g/mol. The van der Waals surface area contributed by atoms with Gasteiger partial charge in [0.05, 0.1) is 18.3 Å². The van der Waals surface area contributed by atoms with Crippen molar-refractivity contribution in [2.45, 2.75) is 31.8 Å². The van der Waals surface area contributed by atoms with Gasteiger partial charge in [-0.1, -0.05) is 12.1 Å². The van der Waals surface area contributed by atoms with Crippen molar-refractivity contribution in [3.05, 3.63) is 53.2 Å². The highest BCUT2D eigenvalue weighted by atomic mass is 16.4. The fourth-order valence-electron chi connectivity index (χ4n) is 2.07. The summed E-state index contributed by atoms with van der Waals surface area (Å²) in [4.78, 5) is 15.1. The summed E-state index contributed by atoms with van der Waals surface area (Å²) in [5.41, 5.74) is 1.24. The molecule has 2 aromatic rings. The molecule has 1 heterocycles. The molecular formula is C15H16N2O3. The summed E-state index contributed by atoms with van der Waals surface area (Å²) in [7, 11) is 0. The van der Waals surface area contributed by atoms with E-state index in [0.717, 1.165) is 17.2 Å². The number of carbonyl (C=O) groups is 1. The number of benzene rings is 1. The Morgan fingerprint density at radius 3 is 3.00 bits per heavy atom. The number of nitrogens with zero attached hydrogens (tertiary/aromatic N) is 1. The van der Waals surface area contributed by atoms with Gasteiger partial charge in [-0.15, -0.1) is 0 Å². The summed E-state index contributed by atoms with van der Waals surface area (Å²) >= 11 is 0. The third-order valence-electron chi connectivity index (χ3n) is 3.30. The van der Waals surface area contributed by atoms with E-state index in [4.69, 9.17) is 9.52 Å². The van der Waals surface area contributed by atoms with Gasteiger partial charge < -0.3 is 14.8 Å². The molecule has 1 aromatic heterocycles. The zero-order chi connectivity index (χ0) is 13.9. The highest BCUT2D eigenvalue weighted by Crippen LogP contribution is 2.39. The van der Waals surface area contributed by atoms with Crippen molar-refractivity contribution in [1.82, 2.24) is 10.3 Å². The van der Waals surface area contributed by atoms with Crippen LogP contribution in [0.15, 0.2) is 34.9 Å². The first-order valence-electron chi connectivity index (χ1n) is 6.70. The predicted molar refractivity (Wildman–Crippen MR) is 72.4 cm³/mol. The van der Waals surface area contributed by atoms with Crippen LogP contribution in [0, 0.1) is 0 Å². The lowest BCUT2D eigenvalue weighted by atomic mass is 10.1. The first-order chi connectivity index (χ1) is 9.72. The highest BCUT2D eigenvalue weighted by Gasteiger charge is 2.28. The summed E-state index contributed by atoms with van der Waals surface area (Å²) < 4.78 is 5.64. The summed E-state index contributed by atoms with van der Waals surface area (Å²) in [6.07, 6.45) is 4.11. The van der Waals surface area contributed by atoms with Gasteiger partial charge in [-0.2, -0.15) is 0 Å². The standard InChI is InChI=1S/C15H16N2O3/c18-15(19)12-3-1-2-10(6-12)7-16-8-13-9-17-14(20-13)11-4-5-11/h1-3,6,9,11,16H,4-5,7-8H2,(H,18,19). The smallest absolute Gasteiger partial charge is 0.335 e. The molecule has 0 saturated heterocycles. The second-order valence-electron chi connectivity index (χ2n) is 5.05. The van der Waals surface area contributed by atoms with E-state index in [1.54, 1.807) is 24.4 Å². The Labute approximate surface area is 116 Å². The molecule has 3 rings (SSSR count). The van der Waals surface area contributed by atoms with Crippen molar-refractivity contribution in [3.8, 4) is 0 Å². The second kappa shape index (κ2) is 5.46. The minimum atomic E-state index is -0.906. The van der Waals surface area contributed by atoms with Gasteiger partial charge in [0.2, 0.25) is 0 Å². The first-order valence-corrected chi connectivity index (χ1v) is 6.70. The molecule has 0 unspecified atom stereocenters. The van der Waals surface area contributed by atoms with E-state index in [2.05, 4.69) is 10.3 Å². The van der Waals surface area contributed by atoms with Crippen molar-refractivity contribution < 1.29 is 14.3 Å². The topological polar surface area (TPSA) is 75.4 Å². The van der Waals surface area contributed by atoms with Gasteiger partial charge in [-0.05, 0) is 30.5 Å². The molecule has 0 amide bonds. The molecule has 0 radical (unpaired) electrons. The highest BCUT2D eigenvalue weighted by molar-refractivity contribution is 5.87. The molecule has 2 N–H and O–H groups in total. The lowest BCUT2D eigenvalue weighted by molar-refractivity contribution is 0.0696. The van der Waals surface area contributed by atoms with Gasteiger partial charge in [0.15, 0.2) is 5.89 Å². The number of hydrogen-bond donors (Lipinski definition) is 2. The number of hydrogen-bond acceptors (Lipinski definition) is 4. The van der Waals surface area contributed by atoms with Crippen LogP contribution in [0.4, 0.5) is 0 Å². The molecule has 1 aliphatic rings. The van der Waals surface area contributed by atoms with E-state index >= 15 is 0 Å². The monoisotopic (exact) mass is 272 g/mol. The number of carboxylic acids is 1. The summed E-state index contributed by atoms with van der Waals surface area (Å²) in [5.74, 6) is 1.28. The second-order valence-corrected chi connectivity index (χ2v) is 5.05. The van der Waals surface area contributed by atoms with Gasteiger partial charge in [-0.25, -0.2) is 9.78 Å². The van der Waals surface area contributed by atoms with Crippen molar-refractivity contribution in [2.75, 3.05) is 0 Å². The number of nitrogens with one attached hydrogen (secondary N) is 1. The van der Waals surface area contributed by atoms with Crippen molar-refractivity contribution >= 4 is 5.97 Å². The van der Waals surface area contributed by atoms with Crippen LogP contribution >= 0.6 is 0 Å². The number of carboxylic acid groups (broad SMARTS) is 1.